The summed E-state index contributed by atoms with van der Waals surface area (Å²) >= 11 is 0. The van der Waals surface area contributed by atoms with Crippen molar-refractivity contribution in [3.63, 3.8) is 0 Å². The van der Waals surface area contributed by atoms with E-state index in [-0.39, 0.29) is 12.7 Å². The third-order valence-electron chi connectivity index (χ3n) is 4.37. The second-order valence-corrected chi connectivity index (χ2v) is 6.09. The lowest BCUT2D eigenvalue weighted by atomic mass is 10.3. The standard InChI is InChI=1S/C14H28N4O2.CO2/c1-15-5-7-16-3-2-4-18(13-14(19)20)12-11-17(8-6-15)10-9-16;2-1-3/h2-13H2,1H3,(H,19,20);. The Morgan fingerprint density at radius 3 is 1.91 bits per heavy atom. The lowest BCUT2D eigenvalue weighted by Gasteiger charge is -2.31. The van der Waals surface area contributed by atoms with Crippen LogP contribution < -0.4 is 0 Å². The van der Waals surface area contributed by atoms with Crippen LogP contribution in [0.3, 0.4) is 0 Å². The molecule has 0 aromatic rings. The first-order valence-corrected chi connectivity index (χ1v) is 8.12. The zero-order valence-corrected chi connectivity index (χ0v) is 13.9. The molecule has 0 saturated carbocycles. The third-order valence-corrected chi connectivity index (χ3v) is 4.37. The molecule has 2 fully saturated rings. The molecule has 2 aliphatic heterocycles. The molecule has 0 aromatic carbocycles. The van der Waals surface area contributed by atoms with E-state index in [1.807, 2.05) is 0 Å². The molecule has 2 unspecified atom stereocenters. The summed E-state index contributed by atoms with van der Waals surface area (Å²) in [4.78, 5) is 36.7. The molecule has 0 amide bonds. The van der Waals surface area contributed by atoms with Crippen LogP contribution >= 0.6 is 0 Å². The van der Waals surface area contributed by atoms with Crippen LogP contribution in [0.4, 0.5) is 0 Å². The van der Waals surface area contributed by atoms with Crippen molar-refractivity contribution in [2.45, 2.75) is 6.42 Å². The molecule has 2 rings (SSSR count). The number of carbonyl (C=O) groups is 1. The Morgan fingerprint density at radius 2 is 1.35 bits per heavy atom. The minimum Gasteiger partial charge on any atom is -0.480 e. The molecule has 0 spiro atoms. The molecule has 2 bridgehead atoms. The molecule has 2 aliphatic rings. The average molecular weight is 328 g/mol. The Morgan fingerprint density at radius 1 is 0.870 bits per heavy atom. The van der Waals surface area contributed by atoms with Crippen molar-refractivity contribution < 1.29 is 19.5 Å². The van der Waals surface area contributed by atoms with Crippen molar-refractivity contribution in [3.8, 4) is 0 Å². The first-order chi connectivity index (χ1) is 11.0. The quantitative estimate of drug-likeness (QED) is 0.673. The lowest BCUT2D eigenvalue weighted by Crippen LogP contribution is -2.44. The van der Waals surface area contributed by atoms with Crippen LogP contribution in [0.1, 0.15) is 6.42 Å². The van der Waals surface area contributed by atoms with E-state index >= 15 is 0 Å². The van der Waals surface area contributed by atoms with Gasteiger partial charge in [0.05, 0.1) is 6.54 Å². The van der Waals surface area contributed by atoms with E-state index in [4.69, 9.17) is 14.7 Å². The number of rotatable bonds is 2. The Labute approximate surface area is 137 Å². The van der Waals surface area contributed by atoms with Crippen LogP contribution in [0.5, 0.6) is 0 Å². The maximum atomic E-state index is 10.9. The van der Waals surface area contributed by atoms with Gasteiger partial charge in [-0.05, 0) is 20.0 Å². The molecule has 23 heavy (non-hydrogen) atoms. The molecule has 0 radical (unpaired) electrons. The van der Waals surface area contributed by atoms with Crippen molar-refractivity contribution in [2.75, 3.05) is 79.0 Å². The summed E-state index contributed by atoms with van der Waals surface area (Å²) in [6.07, 6.45) is 1.32. The van der Waals surface area contributed by atoms with E-state index in [1.165, 1.54) is 0 Å². The number of likely N-dealkylation sites (N-methyl/N-ethyl adjacent to an activating group) is 1. The molecule has 132 valence electrons. The first-order valence-electron chi connectivity index (χ1n) is 8.12. The monoisotopic (exact) mass is 328 g/mol. The van der Waals surface area contributed by atoms with Gasteiger partial charge >= 0.3 is 12.1 Å². The van der Waals surface area contributed by atoms with Crippen molar-refractivity contribution in [3.05, 3.63) is 0 Å². The van der Waals surface area contributed by atoms with Crippen LogP contribution in [-0.2, 0) is 14.4 Å². The summed E-state index contributed by atoms with van der Waals surface area (Å²) in [6, 6.07) is 0. The smallest absolute Gasteiger partial charge is 0.373 e. The van der Waals surface area contributed by atoms with Gasteiger partial charge in [-0.1, -0.05) is 0 Å². The highest BCUT2D eigenvalue weighted by atomic mass is 16.4. The topological polar surface area (TPSA) is 84.4 Å². The van der Waals surface area contributed by atoms with Gasteiger partial charge in [0.2, 0.25) is 0 Å². The Hall–Kier alpha value is -1.31. The maximum Gasteiger partial charge on any atom is 0.373 e. The van der Waals surface area contributed by atoms with Gasteiger partial charge in [0, 0.05) is 58.9 Å². The van der Waals surface area contributed by atoms with E-state index in [2.05, 4.69) is 26.6 Å². The molecule has 1 N–H and O–H groups in total. The molecule has 8 heteroatoms. The van der Waals surface area contributed by atoms with Gasteiger partial charge in [0.15, 0.2) is 0 Å². The van der Waals surface area contributed by atoms with Gasteiger partial charge in [0.25, 0.3) is 0 Å². The van der Waals surface area contributed by atoms with Crippen molar-refractivity contribution >= 4 is 12.1 Å². The van der Waals surface area contributed by atoms with Gasteiger partial charge in [0.1, 0.15) is 0 Å². The highest BCUT2D eigenvalue weighted by Gasteiger charge is 2.18. The summed E-state index contributed by atoms with van der Waals surface area (Å²) < 4.78 is 0. The molecule has 0 aromatic heterocycles. The molecule has 8 nitrogen and oxygen atoms in total. The predicted molar refractivity (Wildman–Crippen MR) is 84.1 cm³/mol. The Kier molecular flexibility index (Phi) is 9.66. The zero-order valence-electron chi connectivity index (χ0n) is 13.9. The van der Waals surface area contributed by atoms with E-state index in [9.17, 15) is 4.79 Å². The van der Waals surface area contributed by atoms with Crippen molar-refractivity contribution in [2.24, 2.45) is 0 Å². The minimum atomic E-state index is -0.713. The Balaban J connectivity index is 0.000000816. The molecule has 2 saturated heterocycles. The second kappa shape index (κ2) is 11.3. The maximum absolute atomic E-state index is 10.9. The lowest BCUT2D eigenvalue weighted by molar-refractivity contribution is -0.191. The molecular formula is C15H28N4O4. The summed E-state index contributed by atoms with van der Waals surface area (Å²) in [5.74, 6) is -0.713. The van der Waals surface area contributed by atoms with Crippen LogP contribution in [0.25, 0.3) is 0 Å². The largest absolute Gasteiger partial charge is 0.480 e. The summed E-state index contributed by atoms with van der Waals surface area (Å²) in [7, 11) is 2.19. The minimum absolute atomic E-state index is 0.174. The number of hydrogen-bond donors (Lipinski definition) is 1. The highest BCUT2D eigenvalue weighted by molar-refractivity contribution is 5.69. The number of fused-ring (bicyclic) bond motifs is 3. The van der Waals surface area contributed by atoms with Gasteiger partial charge in [-0.25, -0.2) is 0 Å². The summed E-state index contributed by atoms with van der Waals surface area (Å²) in [5, 5.41) is 8.99. The zero-order chi connectivity index (χ0) is 17.1. The van der Waals surface area contributed by atoms with Gasteiger partial charge in [-0.2, -0.15) is 9.59 Å². The van der Waals surface area contributed by atoms with Crippen LogP contribution in [0.2, 0.25) is 0 Å². The van der Waals surface area contributed by atoms with Crippen LogP contribution in [0, 0.1) is 0 Å². The van der Waals surface area contributed by atoms with E-state index < -0.39 is 5.97 Å². The molecule has 2 atom stereocenters. The summed E-state index contributed by atoms with van der Waals surface area (Å²) in [6.45, 7) is 10.7. The van der Waals surface area contributed by atoms with Gasteiger partial charge in [-0.15, -0.1) is 0 Å². The fraction of sp³-hybridized carbons (Fsp3) is 0.867. The second-order valence-electron chi connectivity index (χ2n) is 6.09. The third kappa shape index (κ3) is 8.78. The normalized spacial score (nSPS) is 27.5. The fourth-order valence-corrected chi connectivity index (χ4v) is 2.95. The average Bonchev–Trinajstić information content (AvgIpc) is 2.58. The van der Waals surface area contributed by atoms with Crippen LogP contribution in [-0.4, -0.2) is 116 Å². The van der Waals surface area contributed by atoms with E-state index in [1.54, 1.807) is 0 Å². The van der Waals surface area contributed by atoms with Crippen LogP contribution in [0.15, 0.2) is 0 Å². The number of hydrogen-bond acceptors (Lipinski definition) is 7. The van der Waals surface area contributed by atoms with Gasteiger partial charge < -0.3 is 14.9 Å². The SMILES string of the molecule is CN1CCN2CCCN(CC(=O)O)CCN(CC1)CC2.O=C=O. The van der Waals surface area contributed by atoms with E-state index in [0.717, 1.165) is 71.9 Å². The van der Waals surface area contributed by atoms with E-state index in [0.29, 0.717) is 0 Å². The summed E-state index contributed by atoms with van der Waals surface area (Å²) in [5.41, 5.74) is 0. The Bertz CT molecular complexity index is 388. The van der Waals surface area contributed by atoms with Crippen molar-refractivity contribution in [1.82, 2.24) is 19.6 Å². The first kappa shape index (κ1) is 19.7. The van der Waals surface area contributed by atoms with Crippen molar-refractivity contribution in [1.29, 1.82) is 0 Å². The van der Waals surface area contributed by atoms with Gasteiger partial charge in [-0.3, -0.25) is 14.6 Å². The number of carboxylic acids is 1. The number of nitrogens with zero attached hydrogens (tertiary/aromatic N) is 4. The number of carboxylic acid groups (broad SMARTS) is 1. The number of carbonyl (C=O) groups excluding carboxylic acids is 2. The highest BCUT2D eigenvalue weighted by Crippen LogP contribution is 2.04. The fourth-order valence-electron chi connectivity index (χ4n) is 2.95. The molecular weight excluding hydrogens is 300 g/mol. The number of aliphatic carboxylic acids is 1. The molecule has 0 aliphatic carbocycles. The predicted octanol–water partition coefficient (Wildman–Crippen LogP) is -1.26. The molecule has 2 heterocycles.